The molecule has 0 atom stereocenters. The van der Waals surface area contributed by atoms with E-state index in [1.807, 2.05) is 12.1 Å². The molecule has 0 bridgehead atoms. The highest BCUT2D eigenvalue weighted by atomic mass is 16.6. The molecule has 5 heteroatoms. The summed E-state index contributed by atoms with van der Waals surface area (Å²) in [5.74, 6) is 0. The van der Waals surface area contributed by atoms with Crippen LogP contribution in [0, 0.1) is 0 Å². The summed E-state index contributed by atoms with van der Waals surface area (Å²) in [6.07, 6.45) is 2.35. The smallest absolute Gasteiger partial charge is 0.435 e. The zero-order chi connectivity index (χ0) is 10.7. The molecule has 0 N–H and O–H groups in total. The molecule has 0 aliphatic heterocycles. The second kappa shape index (κ2) is 3.91. The predicted molar refractivity (Wildman–Crippen MR) is 52.2 cm³/mol. The average Bonchev–Trinajstić information content (AvgIpc) is 2.69. The predicted octanol–water partition coefficient (Wildman–Crippen LogP) is 1.13. The topological polar surface area (TPSA) is 61.2 Å². The number of benzene rings is 1. The summed E-state index contributed by atoms with van der Waals surface area (Å²) in [7, 11) is 0. The lowest BCUT2D eigenvalue weighted by Gasteiger charge is -2.00. The molecule has 0 saturated carbocycles. The first-order valence-electron chi connectivity index (χ1n) is 4.28. The lowest BCUT2D eigenvalue weighted by atomic mass is 10.3. The van der Waals surface area contributed by atoms with Crippen LogP contribution in [0.15, 0.2) is 30.5 Å². The van der Waals surface area contributed by atoms with Crippen molar-refractivity contribution in [3.05, 3.63) is 30.5 Å². The van der Waals surface area contributed by atoms with Crippen molar-refractivity contribution in [1.29, 1.82) is 0 Å². The molecule has 0 unspecified atom stereocenters. The average molecular weight is 203 g/mol. The third kappa shape index (κ3) is 1.71. The van der Waals surface area contributed by atoms with Crippen molar-refractivity contribution in [2.75, 3.05) is 6.61 Å². The highest BCUT2D eigenvalue weighted by Crippen LogP contribution is 2.12. The van der Waals surface area contributed by atoms with Crippen LogP contribution in [0.4, 0.5) is 4.79 Å². The van der Waals surface area contributed by atoms with Gasteiger partial charge in [-0.3, -0.25) is 4.79 Å². The minimum Gasteiger partial charge on any atom is -0.439 e. The van der Waals surface area contributed by atoms with Gasteiger partial charge in [0.1, 0.15) is 0 Å². The summed E-state index contributed by atoms with van der Waals surface area (Å²) in [4.78, 5) is 21.3. The molecule has 0 spiro atoms. The van der Waals surface area contributed by atoms with Crippen LogP contribution in [0.2, 0.25) is 0 Å². The van der Waals surface area contributed by atoms with Gasteiger partial charge in [0.2, 0.25) is 6.29 Å². The van der Waals surface area contributed by atoms with E-state index in [0.29, 0.717) is 5.52 Å². The molecule has 1 aromatic carbocycles. The van der Waals surface area contributed by atoms with Crippen LogP contribution < -0.4 is 0 Å². The molecule has 2 rings (SSSR count). The van der Waals surface area contributed by atoms with Gasteiger partial charge in [-0.1, -0.05) is 18.2 Å². The van der Waals surface area contributed by atoms with Gasteiger partial charge in [-0.05, 0) is 6.07 Å². The molecule has 0 saturated heterocycles. The molecule has 0 fully saturated rings. The minimum atomic E-state index is -0.681. The highest BCUT2D eigenvalue weighted by Gasteiger charge is 2.10. The molecule has 1 radical (unpaired) electrons. The molecule has 0 aliphatic rings. The number of carbonyl (C=O) groups is 1. The number of hydrogen-bond donors (Lipinski definition) is 0. The van der Waals surface area contributed by atoms with E-state index in [1.54, 1.807) is 18.3 Å². The third-order valence-electron chi connectivity index (χ3n) is 1.90. The Morgan fingerprint density at radius 1 is 1.47 bits per heavy atom. The number of aromatic nitrogens is 2. The number of hydrogen-bond acceptors (Lipinski definition) is 4. The number of nitrogens with zero attached hydrogens (tertiary/aromatic N) is 2. The summed E-state index contributed by atoms with van der Waals surface area (Å²) in [6, 6.07) is 7.21. The summed E-state index contributed by atoms with van der Waals surface area (Å²) >= 11 is 0. The Hall–Kier alpha value is -2.17. The normalized spacial score (nSPS) is 10.1. The van der Waals surface area contributed by atoms with E-state index in [4.69, 9.17) is 0 Å². The number of ether oxygens (including phenoxy) is 1. The third-order valence-corrected chi connectivity index (χ3v) is 1.90. The van der Waals surface area contributed by atoms with Gasteiger partial charge in [0.15, 0.2) is 6.61 Å². The maximum atomic E-state index is 11.4. The first-order chi connectivity index (χ1) is 7.33. The molecule has 5 nitrogen and oxygen atoms in total. The van der Waals surface area contributed by atoms with Crippen LogP contribution in [-0.4, -0.2) is 28.8 Å². The standard InChI is InChI=1S/C10H7N2O3/c13-5-6-15-10(14)12-9-4-2-1-3-8(9)7-11-12/h1-4,7H,6H2. The summed E-state index contributed by atoms with van der Waals surface area (Å²) in [6.45, 7) is -0.382. The molecule has 2 aromatic rings. The fourth-order valence-corrected chi connectivity index (χ4v) is 1.27. The van der Waals surface area contributed by atoms with E-state index in [0.717, 1.165) is 10.1 Å². The molecule has 1 heterocycles. The summed E-state index contributed by atoms with van der Waals surface area (Å²) < 4.78 is 5.69. The van der Waals surface area contributed by atoms with Gasteiger partial charge in [0.25, 0.3) is 0 Å². The van der Waals surface area contributed by atoms with Gasteiger partial charge in [-0.2, -0.15) is 9.78 Å². The molecular formula is C10H7N2O3. The van der Waals surface area contributed by atoms with Gasteiger partial charge < -0.3 is 4.74 Å². The largest absolute Gasteiger partial charge is 0.439 e. The maximum absolute atomic E-state index is 11.4. The lowest BCUT2D eigenvalue weighted by Crippen LogP contribution is -2.15. The Morgan fingerprint density at radius 2 is 2.27 bits per heavy atom. The van der Waals surface area contributed by atoms with Gasteiger partial charge in [0, 0.05) is 5.39 Å². The Kier molecular flexibility index (Phi) is 2.45. The number of fused-ring (bicyclic) bond motifs is 1. The lowest BCUT2D eigenvalue weighted by molar-refractivity contribution is 0.160. The van der Waals surface area contributed by atoms with E-state index in [-0.39, 0.29) is 6.61 Å². The van der Waals surface area contributed by atoms with E-state index in [2.05, 4.69) is 9.84 Å². The van der Waals surface area contributed by atoms with Gasteiger partial charge in [0.05, 0.1) is 11.7 Å². The van der Waals surface area contributed by atoms with Crippen molar-refractivity contribution in [2.24, 2.45) is 0 Å². The van der Waals surface area contributed by atoms with E-state index < -0.39 is 6.09 Å². The van der Waals surface area contributed by atoms with Crippen molar-refractivity contribution in [1.82, 2.24) is 9.78 Å². The van der Waals surface area contributed by atoms with Crippen molar-refractivity contribution >= 4 is 23.3 Å². The van der Waals surface area contributed by atoms with Crippen LogP contribution in [0.3, 0.4) is 0 Å². The van der Waals surface area contributed by atoms with E-state index in [1.165, 1.54) is 6.29 Å². The summed E-state index contributed by atoms with van der Waals surface area (Å²) in [5, 5.41) is 4.70. The molecule has 0 amide bonds. The summed E-state index contributed by atoms with van der Waals surface area (Å²) in [5.41, 5.74) is 0.647. The van der Waals surface area contributed by atoms with Crippen LogP contribution in [-0.2, 0) is 9.53 Å². The van der Waals surface area contributed by atoms with Crippen molar-refractivity contribution < 1.29 is 14.3 Å². The number of carbonyl (C=O) groups excluding carboxylic acids is 2. The van der Waals surface area contributed by atoms with Gasteiger partial charge in [-0.25, -0.2) is 4.79 Å². The zero-order valence-corrected chi connectivity index (χ0v) is 7.71. The number of rotatable bonds is 2. The Morgan fingerprint density at radius 3 is 3.07 bits per heavy atom. The van der Waals surface area contributed by atoms with Gasteiger partial charge >= 0.3 is 6.09 Å². The fraction of sp³-hybridized carbons (Fsp3) is 0.100. The molecule has 15 heavy (non-hydrogen) atoms. The second-order valence-corrected chi connectivity index (χ2v) is 2.81. The van der Waals surface area contributed by atoms with Crippen molar-refractivity contribution in [3.63, 3.8) is 0 Å². The van der Waals surface area contributed by atoms with E-state index in [9.17, 15) is 9.59 Å². The van der Waals surface area contributed by atoms with Gasteiger partial charge in [-0.15, -0.1) is 0 Å². The first-order valence-corrected chi connectivity index (χ1v) is 4.28. The zero-order valence-electron chi connectivity index (χ0n) is 7.71. The maximum Gasteiger partial charge on any atom is 0.435 e. The first kappa shape index (κ1) is 9.39. The molecule has 75 valence electrons. The van der Waals surface area contributed by atoms with Crippen LogP contribution in [0.25, 0.3) is 10.9 Å². The fourth-order valence-electron chi connectivity index (χ4n) is 1.27. The van der Waals surface area contributed by atoms with Crippen LogP contribution >= 0.6 is 0 Å². The molecular weight excluding hydrogens is 196 g/mol. The van der Waals surface area contributed by atoms with Crippen molar-refractivity contribution in [2.45, 2.75) is 0 Å². The monoisotopic (exact) mass is 203 g/mol. The Labute approximate surface area is 85.3 Å². The van der Waals surface area contributed by atoms with E-state index >= 15 is 0 Å². The van der Waals surface area contributed by atoms with Crippen LogP contribution in [0.5, 0.6) is 0 Å². The van der Waals surface area contributed by atoms with Crippen LogP contribution in [0.1, 0.15) is 0 Å². The molecule has 0 aliphatic carbocycles. The molecule has 1 aromatic heterocycles. The second-order valence-electron chi connectivity index (χ2n) is 2.81. The Balaban J connectivity index is 2.35. The number of para-hydroxylation sites is 1. The SMILES string of the molecule is O=[C]COC(=O)n1ncc2ccccc21. The Bertz CT molecular complexity index is 504. The quantitative estimate of drug-likeness (QED) is 0.734. The van der Waals surface area contributed by atoms with Crippen molar-refractivity contribution in [3.8, 4) is 0 Å². The minimum absolute atomic E-state index is 0.382. The highest BCUT2D eigenvalue weighted by molar-refractivity contribution is 5.87.